The van der Waals surface area contributed by atoms with Crippen molar-refractivity contribution in [2.45, 2.75) is 19.3 Å². The molecule has 1 atom stereocenters. The van der Waals surface area contributed by atoms with Gasteiger partial charge in [0, 0.05) is 12.1 Å². The summed E-state index contributed by atoms with van der Waals surface area (Å²) in [5, 5.41) is 6.34. The molecule has 1 amide bonds. The second-order valence-electron chi connectivity index (χ2n) is 6.46. The minimum atomic E-state index is 0.0585. The third-order valence-electron chi connectivity index (χ3n) is 4.60. The van der Waals surface area contributed by atoms with E-state index in [9.17, 15) is 4.79 Å². The molecule has 3 rings (SSSR count). The predicted molar refractivity (Wildman–Crippen MR) is 101 cm³/mol. The van der Waals surface area contributed by atoms with E-state index in [0.29, 0.717) is 18.9 Å². The molecule has 1 heterocycles. The summed E-state index contributed by atoms with van der Waals surface area (Å²) in [6.07, 6.45) is 2.65. The number of para-hydroxylation sites is 1. The van der Waals surface area contributed by atoms with Crippen molar-refractivity contribution in [2.24, 2.45) is 5.92 Å². The Morgan fingerprint density at radius 2 is 1.92 bits per heavy atom. The van der Waals surface area contributed by atoms with Gasteiger partial charge in [-0.1, -0.05) is 48.5 Å². The van der Waals surface area contributed by atoms with Crippen LogP contribution in [-0.4, -0.2) is 32.1 Å². The Balaban J connectivity index is 1.43. The molecule has 1 saturated heterocycles. The molecule has 1 aliphatic heterocycles. The lowest BCUT2D eigenvalue weighted by molar-refractivity contribution is -0.121. The maximum Gasteiger partial charge on any atom is 0.223 e. The molecule has 2 aromatic carbocycles. The van der Waals surface area contributed by atoms with Crippen LogP contribution in [0.5, 0.6) is 5.75 Å². The van der Waals surface area contributed by atoms with Gasteiger partial charge in [-0.2, -0.15) is 0 Å². The Morgan fingerprint density at radius 3 is 2.72 bits per heavy atom. The molecule has 0 spiro atoms. The first-order valence-corrected chi connectivity index (χ1v) is 9.07. The number of carbonyl (C=O) groups is 1. The highest BCUT2D eigenvalue weighted by atomic mass is 16.5. The third kappa shape index (κ3) is 5.33. The lowest BCUT2D eigenvalue weighted by atomic mass is 10.1. The maximum atomic E-state index is 12.0. The molecule has 2 N–H and O–H groups in total. The van der Waals surface area contributed by atoms with Gasteiger partial charge in [0.05, 0.1) is 13.0 Å². The van der Waals surface area contributed by atoms with Gasteiger partial charge < -0.3 is 15.4 Å². The summed E-state index contributed by atoms with van der Waals surface area (Å²) in [4.78, 5) is 12.0. The van der Waals surface area contributed by atoms with Crippen LogP contribution in [0.25, 0.3) is 11.1 Å². The minimum Gasteiger partial charge on any atom is -0.492 e. The maximum absolute atomic E-state index is 12.0. The number of rotatable bonds is 8. The largest absolute Gasteiger partial charge is 0.492 e. The Kier molecular flexibility index (Phi) is 6.46. The normalized spacial score (nSPS) is 16.6. The molecule has 1 aliphatic rings. The van der Waals surface area contributed by atoms with Crippen LogP contribution < -0.4 is 15.4 Å². The van der Waals surface area contributed by atoms with Gasteiger partial charge in [-0.05, 0) is 43.5 Å². The van der Waals surface area contributed by atoms with Gasteiger partial charge in [0.1, 0.15) is 5.75 Å². The van der Waals surface area contributed by atoms with Crippen molar-refractivity contribution in [3.8, 4) is 16.9 Å². The van der Waals surface area contributed by atoms with E-state index in [1.54, 1.807) is 0 Å². The predicted octanol–water partition coefficient (Wildman–Crippen LogP) is 3.24. The number of hydrogen-bond acceptors (Lipinski definition) is 3. The van der Waals surface area contributed by atoms with Crippen LogP contribution in [0.1, 0.15) is 19.3 Å². The smallest absolute Gasteiger partial charge is 0.223 e. The molecule has 0 aliphatic carbocycles. The first-order valence-electron chi connectivity index (χ1n) is 9.07. The summed E-state index contributed by atoms with van der Waals surface area (Å²) < 4.78 is 5.87. The summed E-state index contributed by atoms with van der Waals surface area (Å²) in [7, 11) is 0. The van der Waals surface area contributed by atoms with Gasteiger partial charge >= 0.3 is 0 Å². The Labute approximate surface area is 149 Å². The second kappa shape index (κ2) is 9.23. The first-order chi connectivity index (χ1) is 12.3. The van der Waals surface area contributed by atoms with E-state index in [0.717, 1.165) is 42.9 Å². The van der Waals surface area contributed by atoms with Crippen molar-refractivity contribution < 1.29 is 9.53 Å². The van der Waals surface area contributed by atoms with Crippen molar-refractivity contribution in [3.05, 3.63) is 54.6 Å². The molecule has 0 radical (unpaired) electrons. The monoisotopic (exact) mass is 338 g/mol. The summed E-state index contributed by atoms with van der Waals surface area (Å²) in [6.45, 7) is 3.33. The van der Waals surface area contributed by atoms with E-state index >= 15 is 0 Å². The molecule has 2 aromatic rings. The zero-order valence-corrected chi connectivity index (χ0v) is 14.5. The topological polar surface area (TPSA) is 50.4 Å². The van der Waals surface area contributed by atoms with Crippen LogP contribution in [0, 0.1) is 5.92 Å². The van der Waals surface area contributed by atoms with Crippen LogP contribution in [0.3, 0.4) is 0 Å². The third-order valence-corrected chi connectivity index (χ3v) is 4.60. The summed E-state index contributed by atoms with van der Waals surface area (Å²) >= 11 is 0. The molecule has 1 unspecified atom stereocenters. The summed E-state index contributed by atoms with van der Waals surface area (Å²) in [5.41, 5.74) is 2.17. The van der Waals surface area contributed by atoms with E-state index < -0.39 is 0 Å². The first kappa shape index (κ1) is 17.5. The standard InChI is InChI=1S/C21H26N2O2/c24-21(23-14-11-17-10-13-22-16-17)12-15-25-20-9-5-4-8-19(20)18-6-2-1-3-7-18/h1-9,17,22H,10-16H2,(H,23,24). The van der Waals surface area contributed by atoms with Gasteiger partial charge in [-0.25, -0.2) is 0 Å². The van der Waals surface area contributed by atoms with Crippen LogP contribution in [0.15, 0.2) is 54.6 Å². The van der Waals surface area contributed by atoms with Gasteiger partial charge in [-0.15, -0.1) is 0 Å². The molecule has 1 fully saturated rings. The molecule has 132 valence electrons. The Bertz CT molecular complexity index is 667. The van der Waals surface area contributed by atoms with Gasteiger partial charge in [-0.3, -0.25) is 4.79 Å². The molecule has 4 nitrogen and oxygen atoms in total. The minimum absolute atomic E-state index is 0.0585. The lowest BCUT2D eigenvalue weighted by Gasteiger charge is -2.12. The molecule has 0 saturated carbocycles. The summed E-state index contributed by atoms with van der Waals surface area (Å²) in [6, 6.07) is 18.1. The van der Waals surface area contributed by atoms with Gasteiger partial charge in [0.2, 0.25) is 5.91 Å². The van der Waals surface area contributed by atoms with E-state index in [2.05, 4.69) is 22.8 Å². The fourth-order valence-electron chi connectivity index (χ4n) is 3.17. The van der Waals surface area contributed by atoms with Crippen molar-refractivity contribution >= 4 is 5.91 Å². The second-order valence-corrected chi connectivity index (χ2v) is 6.46. The average molecular weight is 338 g/mol. The lowest BCUT2D eigenvalue weighted by Crippen LogP contribution is -2.27. The van der Waals surface area contributed by atoms with Crippen molar-refractivity contribution in [2.75, 3.05) is 26.2 Å². The molecule has 4 heteroatoms. The number of nitrogens with one attached hydrogen (secondary N) is 2. The van der Waals surface area contributed by atoms with Gasteiger partial charge in [0.15, 0.2) is 0 Å². The van der Waals surface area contributed by atoms with E-state index in [4.69, 9.17) is 4.74 Å². The van der Waals surface area contributed by atoms with Crippen molar-refractivity contribution in [1.29, 1.82) is 0 Å². The summed E-state index contributed by atoms with van der Waals surface area (Å²) in [5.74, 6) is 1.58. The fourth-order valence-corrected chi connectivity index (χ4v) is 3.17. The molecule has 0 bridgehead atoms. The van der Waals surface area contributed by atoms with Crippen LogP contribution in [0.4, 0.5) is 0 Å². The number of carbonyl (C=O) groups excluding carboxylic acids is 1. The average Bonchev–Trinajstić information content (AvgIpc) is 3.16. The number of benzene rings is 2. The SMILES string of the molecule is O=C(CCOc1ccccc1-c1ccccc1)NCCC1CCNC1. The highest BCUT2D eigenvalue weighted by Crippen LogP contribution is 2.29. The number of hydrogen-bond donors (Lipinski definition) is 2. The zero-order valence-electron chi connectivity index (χ0n) is 14.5. The highest BCUT2D eigenvalue weighted by molar-refractivity contribution is 5.76. The Hall–Kier alpha value is -2.33. The zero-order chi connectivity index (χ0) is 17.3. The Morgan fingerprint density at radius 1 is 1.12 bits per heavy atom. The van der Waals surface area contributed by atoms with E-state index in [-0.39, 0.29) is 5.91 Å². The van der Waals surface area contributed by atoms with E-state index in [1.807, 2.05) is 42.5 Å². The fraction of sp³-hybridized carbons (Fsp3) is 0.381. The highest BCUT2D eigenvalue weighted by Gasteiger charge is 2.14. The number of ether oxygens (including phenoxy) is 1. The molecule has 0 aromatic heterocycles. The number of amides is 1. The van der Waals surface area contributed by atoms with Crippen molar-refractivity contribution in [3.63, 3.8) is 0 Å². The van der Waals surface area contributed by atoms with Crippen LogP contribution in [-0.2, 0) is 4.79 Å². The quantitative estimate of drug-likeness (QED) is 0.777. The molecule has 25 heavy (non-hydrogen) atoms. The molecular weight excluding hydrogens is 312 g/mol. The van der Waals surface area contributed by atoms with E-state index in [1.165, 1.54) is 6.42 Å². The van der Waals surface area contributed by atoms with Crippen LogP contribution in [0.2, 0.25) is 0 Å². The molecular formula is C21H26N2O2. The van der Waals surface area contributed by atoms with Crippen LogP contribution >= 0.6 is 0 Å². The van der Waals surface area contributed by atoms with Crippen molar-refractivity contribution in [1.82, 2.24) is 10.6 Å². The van der Waals surface area contributed by atoms with Gasteiger partial charge in [0.25, 0.3) is 0 Å².